The average Bonchev–Trinajstić information content (AvgIpc) is 3.22. The van der Waals surface area contributed by atoms with Gasteiger partial charge in [0.05, 0.1) is 24.3 Å². The molecule has 0 unspecified atom stereocenters. The number of aryl methyl sites for hydroxylation is 1. The Labute approximate surface area is 146 Å². The molecule has 1 aromatic carbocycles. The van der Waals surface area contributed by atoms with Crippen molar-refractivity contribution >= 4 is 17.6 Å². The van der Waals surface area contributed by atoms with E-state index in [4.69, 9.17) is 0 Å². The molecule has 3 heterocycles. The number of hydrogen-bond donors (Lipinski definition) is 1. The smallest absolute Gasteiger partial charge is 0.325 e. The van der Waals surface area contributed by atoms with Crippen LogP contribution in [0.1, 0.15) is 17.0 Å². The molecule has 1 aromatic heterocycles. The lowest BCUT2D eigenvalue weighted by atomic mass is 10.1. The molecule has 2 aromatic rings. The lowest BCUT2D eigenvalue weighted by molar-refractivity contribution is -0.132. The third-order valence-corrected chi connectivity index (χ3v) is 4.89. The van der Waals surface area contributed by atoms with Gasteiger partial charge in [0.2, 0.25) is 5.91 Å². The molecular formula is C18H21N5O2. The molecule has 130 valence electrons. The summed E-state index contributed by atoms with van der Waals surface area (Å²) in [6.07, 6.45) is 2.43. The van der Waals surface area contributed by atoms with Crippen LogP contribution in [-0.4, -0.2) is 57.9 Å². The summed E-state index contributed by atoms with van der Waals surface area (Å²) in [7, 11) is 0. The first kappa shape index (κ1) is 15.7. The van der Waals surface area contributed by atoms with Gasteiger partial charge < -0.3 is 14.8 Å². The zero-order valence-electron chi connectivity index (χ0n) is 14.2. The molecule has 25 heavy (non-hydrogen) atoms. The van der Waals surface area contributed by atoms with Crippen molar-refractivity contribution in [2.24, 2.45) is 0 Å². The molecule has 0 atom stereocenters. The van der Waals surface area contributed by atoms with Crippen molar-refractivity contribution in [3.05, 3.63) is 47.5 Å². The van der Waals surface area contributed by atoms with E-state index in [0.29, 0.717) is 26.2 Å². The quantitative estimate of drug-likeness (QED) is 0.922. The van der Waals surface area contributed by atoms with Crippen LogP contribution in [0.25, 0.3) is 0 Å². The first-order chi connectivity index (χ1) is 12.1. The van der Waals surface area contributed by atoms with Crippen LogP contribution < -0.4 is 4.90 Å². The van der Waals surface area contributed by atoms with Gasteiger partial charge in [0, 0.05) is 31.7 Å². The molecule has 7 nitrogen and oxygen atoms in total. The van der Waals surface area contributed by atoms with Crippen LogP contribution in [0, 0.1) is 6.92 Å². The lowest BCUT2D eigenvalue weighted by Crippen LogP contribution is -2.44. The second-order valence-corrected chi connectivity index (χ2v) is 6.58. The van der Waals surface area contributed by atoms with Crippen molar-refractivity contribution in [2.75, 3.05) is 31.1 Å². The summed E-state index contributed by atoms with van der Waals surface area (Å²) in [6, 6.07) is 7.78. The Morgan fingerprint density at radius 3 is 2.80 bits per heavy atom. The third-order valence-electron chi connectivity index (χ3n) is 4.89. The monoisotopic (exact) mass is 339 g/mol. The number of imidazole rings is 1. The Hall–Kier alpha value is -2.83. The SMILES string of the molecule is Cc1ccc(N2CCN(CC(=O)N3CCc4nc[nH]c4C3)C2=O)cc1. The number of aromatic nitrogens is 2. The molecule has 4 rings (SSSR count). The number of rotatable bonds is 3. The van der Waals surface area contributed by atoms with Crippen LogP contribution in [0.3, 0.4) is 0 Å². The summed E-state index contributed by atoms with van der Waals surface area (Å²) in [4.78, 5) is 37.7. The van der Waals surface area contributed by atoms with Gasteiger partial charge >= 0.3 is 6.03 Å². The Morgan fingerprint density at radius 1 is 1.20 bits per heavy atom. The first-order valence-corrected chi connectivity index (χ1v) is 8.54. The van der Waals surface area contributed by atoms with Crippen molar-refractivity contribution in [2.45, 2.75) is 19.9 Å². The van der Waals surface area contributed by atoms with Crippen LogP contribution in [-0.2, 0) is 17.8 Å². The number of fused-ring (bicyclic) bond motifs is 1. The largest absolute Gasteiger partial charge is 0.347 e. The van der Waals surface area contributed by atoms with Crippen LogP contribution in [0.4, 0.5) is 10.5 Å². The number of nitrogens with zero attached hydrogens (tertiary/aromatic N) is 4. The molecule has 2 aliphatic rings. The van der Waals surface area contributed by atoms with Gasteiger partial charge in [-0.15, -0.1) is 0 Å². The summed E-state index contributed by atoms with van der Waals surface area (Å²) in [5, 5.41) is 0. The fraction of sp³-hybridized carbons (Fsp3) is 0.389. The molecule has 0 radical (unpaired) electrons. The predicted octanol–water partition coefficient (Wildman–Crippen LogP) is 1.55. The van der Waals surface area contributed by atoms with Gasteiger partial charge in [-0.1, -0.05) is 17.7 Å². The molecule has 3 amide bonds. The van der Waals surface area contributed by atoms with Gasteiger partial charge in [-0.3, -0.25) is 9.69 Å². The number of benzene rings is 1. The zero-order chi connectivity index (χ0) is 17.4. The molecule has 0 saturated carbocycles. The number of amides is 3. The van der Waals surface area contributed by atoms with E-state index in [9.17, 15) is 9.59 Å². The summed E-state index contributed by atoms with van der Waals surface area (Å²) in [6.45, 7) is 4.52. The molecule has 1 N–H and O–H groups in total. The summed E-state index contributed by atoms with van der Waals surface area (Å²) < 4.78 is 0. The molecule has 1 fully saturated rings. The van der Waals surface area contributed by atoms with E-state index in [1.807, 2.05) is 31.2 Å². The Balaban J connectivity index is 1.39. The minimum atomic E-state index is -0.101. The van der Waals surface area contributed by atoms with Gasteiger partial charge in [-0.2, -0.15) is 0 Å². The van der Waals surface area contributed by atoms with Crippen molar-refractivity contribution in [1.29, 1.82) is 0 Å². The second-order valence-electron chi connectivity index (χ2n) is 6.58. The van der Waals surface area contributed by atoms with Crippen molar-refractivity contribution in [1.82, 2.24) is 19.8 Å². The number of anilines is 1. The molecule has 0 spiro atoms. The number of urea groups is 1. The number of hydrogen-bond acceptors (Lipinski definition) is 3. The maximum absolute atomic E-state index is 12.6. The molecule has 1 saturated heterocycles. The summed E-state index contributed by atoms with van der Waals surface area (Å²) in [5.74, 6) is -0.0145. The van der Waals surface area contributed by atoms with Gasteiger partial charge in [-0.25, -0.2) is 9.78 Å². The number of H-pyrrole nitrogens is 1. The highest BCUT2D eigenvalue weighted by molar-refractivity contribution is 5.96. The summed E-state index contributed by atoms with van der Waals surface area (Å²) in [5.41, 5.74) is 4.07. The maximum atomic E-state index is 12.6. The van der Waals surface area contributed by atoms with E-state index in [0.717, 1.165) is 29.1 Å². The summed E-state index contributed by atoms with van der Waals surface area (Å²) >= 11 is 0. The van der Waals surface area contributed by atoms with Gasteiger partial charge in [-0.05, 0) is 19.1 Å². The standard InChI is InChI=1S/C18H21N5O2/c1-13-2-4-14(5-3-13)23-9-8-22(18(23)25)11-17(24)21-7-6-15-16(10-21)20-12-19-15/h2-5,12H,6-11H2,1H3,(H,19,20). The van der Waals surface area contributed by atoms with E-state index in [1.165, 1.54) is 0 Å². The molecular weight excluding hydrogens is 318 g/mol. The number of carbonyl (C=O) groups is 2. The molecule has 2 aliphatic heterocycles. The topological polar surface area (TPSA) is 72.5 Å². The highest BCUT2D eigenvalue weighted by Crippen LogP contribution is 2.21. The Morgan fingerprint density at radius 2 is 2.00 bits per heavy atom. The van der Waals surface area contributed by atoms with Crippen LogP contribution in [0.5, 0.6) is 0 Å². The number of aromatic amines is 1. The van der Waals surface area contributed by atoms with Gasteiger partial charge in [0.1, 0.15) is 6.54 Å². The van der Waals surface area contributed by atoms with E-state index in [-0.39, 0.29) is 18.5 Å². The first-order valence-electron chi connectivity index (χ1n) is 8.54. The zero-order valence-corrected chi connectivity index (χ0v) is 14.2. The highest BCUT2D eigenvalue weighted by atomic mass is 16.2. The molecule has 0 aliphatic carbocycles. The molecule has 0 bridgehead atoms. The van der Waals surface area contributed by atoms with Crippen LogP contribution in [0.2, 0.25) is 0 Å². The minimum absolute atomic E-state index is 0.0145. The lowest BCUT2D eigenvalue weighted by Gasteiger charge is -2.28. The van der Waals surface area contributed by atoms with Gasteiger partial charge in [0.25, 0.3) is 0 Å². The van der Waals surface area contributed by atoms with E-state index < -0.39 is 0 Å². The van der Waals surface area contributed by atoms with E-state index in [1.54, 1.807) is 21.0 Å². The minimum Gasteiger partial charge on any atom is -0.347 e. The van der Waals surface area contributed by atoms with Crippen molar-refractivity contribution in [3.8, 4) is 0 Å². The van der Waals surface area contributed by atoms with Crippen molar-refractivity contribution < 1.29 is 9.59 Å². The predicted molar refractivity (Wildman–Crippen MR) is 93.2 cm³/mol. The van der Waals surface area contributed by atoms with Crippen LogP contribution >= 0.6 is 0 Å². The number of nitrogens with one attached hydrogen (secondary N) is 1. The Bertz CT molecular complexity index is 798. The second kappa shape index (κ2) is 6.23. The molecule has 7 heteroatoms. The van der Waals surface area contributed by atoms with E-state index in [2.05, 4.69) is 9.97 Å². The normalized spacial score (nSPS) is 17.2. The van der Waals surface area contributed by atoms with E-state index >= 15 is 0 Å². The van der Waals surface area contributed by atoms with Gasteiger partial charge in [0.15, 0.2) is 0 Å². The average molecular weight is 339 g/mol. The fourth-order valence-electron chi connectivity index (χ4n) is 3.38. The maximum Gasteiger partial charge on any atom is 0.325 e. The highest BCUT2D eigenvalue weighted by Gasteiger charge is 2.32. The fourth-order valence-corrected chi connectivity index (χ4v) is 3.38. The van der Waals surface area contributed by atoms with Crippen molar-refractivity contribution in [3.63, 3.8) is 0 Å². The number of carbonyl (C=O) groups excluding carboxylic acids is 2. The Kier molecular flexibility index (Phi) is 3.91. The third kappa shape index (κ3) is 2.97. The van der Waals surface area contributed by atoms with Crippen LogP contribution in [0.15, 0.2) is 30.6 Å².